The third kappa shape index (κ3) is 4.36. The van der Waals surface area contributed by atoms with E-state index in [0.29, 0.717) is 41.1 Å². The Kier molecular flexibility index (Phi) is 5.98. The molecular formula is C24H30N8O2. The number of likely N-dealkylation sites (N-methyl/N-ethyl adjacent to an activating group) is 1. The average molecular weight is 463 g/mol. The van der Waals surface area contributed by atoms with E-state index < -0.39 is 5.91 Å². The largest absolute Gasteiger partial charge is 0.462 e. The van der Waals surface area contributed by atoms with Crippen LogP contribution in [0.2, 0.25) is 0 Å². The molecule has 1 atom stereocenters. The standard InChI is InChI=1S/C24H30N8O2/c1-31-8-3-6-18(31)12-34-23-29-21(28-17-5-2-4-16(10-17)20(26)33)19(11-25)22(30-23)32-9-7-24(15-32)13-27-14-24/h2,4-5,10,18,27H,3,6-9,12-15H2,1H3,(H2,26,33)(H,28,29,30)/t18-/m0/s1. The van der Waals surface area contributed by atoms with E-state index in [4.69, 9.17) is 15.5 Å². The van der Waals surface area contributed by atoms with Crippen molar-refractivity contribution in [1.29, 1.82) is 5.26 Å². The van der Waals surface area contributed by atoms with Gasteiger partial charge in [-0.3, -0.25) is 4.79 Å². The highest BCUT2D eigenvalue weighted by atomic mass is 16.5. The topological polar surface area (TPSA) is 132 Å². The van der Waals surface area contributed by atoms with Crippen LogP contribution in [0.25, 0.3) is 0 Å². The van der Waals surface area contributed by atoms with Gasteiger partial charge in [0.2, 0.25) is 5.91 Å². The molecular weight excluding hydrogens is 432 g/mol. The summed E-state index contributed by atoms with van der Waals surface area (Å²) < 4.78 is 6.07. The zero-order valence-electron chi connectivity index (χ0n) is 19.4. The lowest BCUT2D eigenvalue weighted by Gasteiger charge is -2.39. The molecule has 1 spiro atoms. The summed E-state index contributed by atoms with van der Waals surface area (Å²) in [6.07, 6.45) is 3.28. The quantitative estimate of drug-likeness (QED) is 0.559. The number of anilines is 3. The van der Waals surface area contributed by atoms with Gasteiger partial charge in [0.1, 0.15) is 18.2 Å². The number of primary amides is 1. The minimum Gasteiger partial charge on any atom is -0.462 e. The van der Waals surface area contributed by atoms with Crippen molar-refractivity contribution < 1.29 is 9.53 Å². The first-order chi connectivity index (χ1) is 16.5. The van der Waals surface area contributed by atoms with Crippen LogP contribution >= 0.6 is 0 Å². The van der Waals surface area contributed by atoms with E-state index in [2.05, 4.69) is 38.5 Å². The number of ether oxygens (including phenoxy) is 1. The Morgan fingerprint density at radius 1 is 1.38 bits per heavy atom. The molecule has 3 aliphatic rings. The second-order valence-corrected chi connectivity index (χ2v) is 9.60. The lowest BCUT2D eigenvalue weighted by molar-refractivity contribution is 0.100. The van der Waals surface area contributed by atoms with E-state index >= 15 is 0 Å². The van der Waals surface area contributed by atoms with Crippen LogP contribution in [0, 0.1) is 16.7 Å². The molecule has 178 valence electrons. The number of nitriles is 1. The molecule has 10 heteroatoms. The highest BCUT2D eigenvalue weighted by Gasteiger charge is 2.44. The first kappa shape index (κ1) is 22.4. The Morgan fingerprint density at radius 2 is 2.24 bits per heavy atom. The number of carbonyl (C=O) groups excluding carboxylic acids is 1. The number of nitrogens with one attached hydrogen (secondary N) is 2. The van der Waals surface area contributed by atoms with Crippen LogP contribution in [0.4, 0.5) is 17.3 Å². The first-order valence-electron chi connectivity index (χ1n) is 11.7. The highest BCUT2D eigenvalue weighted by Crippen LogP contribution is 2.39. The summed E-state index contributed by atoms with van der Waals surface area (Å²) in [7, 11) is 2.10. The highest BCUT2D eigenvalue weighted by molar-refractivity contribution is 5.94. The summed E-state index contributed by atoms with van der Waals surface area (Å²) in [6.45, 7) is 5.19. The number of rotatable bonds is 7. The number of hydrogen-bond acceptors (Lipinski definition) is 9. The Morgan fingerprint density at radius 3 is 2.88 bits per heavy atom. The molecule has 1 aromatic carbocycles. The zero-order valence-corrected chi connectivity index (χ0v) is 19.4. The van der Waals surface area contributed by atoms with Gasteiger partial charge in [0.05, 0.1) is 0 Å². The summed E-state index contributed by atoms with van der Waals surface area (Å²) in [5.41, 5.74) is 7.03. The fourth-order valence-electron chi connectivity index (χ4n) is 5.05. The molecule has 5 rings (SSSR count). The van der Waals surface area contributed by atoms with Crippen molar-refractivity contribution in [3.8, 4) is 12.1 Å². The predicted molar refractivity (Wildman–Crippen MR) is 128 cm³/mol. The predicted octanol–water partition coefficient (Wildman–Crippen LogP) is 1.46. The van der Waals surface area contributed by atoms with Gasteiger partial charge in [0, 0.05) is 48.9 Å². The summed E-state index contributed by atoms with van der Waals surface area (Å²) in [5, 5.41) is 16.6. The van der Waals surface area contributed by atoms with Crippen molar-refractivity contribution in [1.82, 2.24) is 20.2 Å². The fourth-order valence-corrected chi connectivity index (χ4v) is 5.05. The van der Waals surface area contributed by atoms with Crippen molar-refractivity contribution in [3.05, 3.63) is 35.4 Å². The van der Waals surface area contributed by atoms with E-state index in [1.54, 1.807) is 24.3 Å². The molecule has 1 amide bonds. The Bertz CT molecular complexity index is 1130. The van der Waals surface area contributed by atoms with Gasteiger partial charge in [-0.1, -0.05) is 6.07 Å². The molecule has 0 saturated carbocycles. The SMILES string of the molecule is CN1CCC[C@H]1COc1nc(Nc2cccc(C(N)=O)c2)c(C#N)c(N2CCC3(CNC3)C2)n1. The number of aromatic nitrogens is 2. The van der Waals surface area contributed by atoms with E-state index in [1.165, 1.54) is 0 Å². The monoisotopic (exact) mass is 462 g/mol. The molecule has 3 saturated heterocycles. The van der Waals surface area contributed by atoms with Crippen LogP contribution in [0.3, 0.4) is 0 Å². The maximum atomic E-state index is 11.6. The maximum absolute atomic E-state index is 11.6. The number of hydrogen-bond donors (Lipinski definition) is 3. The molecule has 3 aliphatic heterocycles. The summed E-state index contributed by atoms with van der Waals surface area (Å²) in [4.78, 5) is 25.3. The Balaban J connectivity index is 1.47. The number of amides is 1. The maximum Gasteiger partial charge on any atom is 0.320 e. The molecule has 3 fully saturated rings. The molecule has 1 aromatic heterocycles. The number of carbonyl (C=O) groups is 1. The van der Waals surface area contributed by atoms with Crippen molar-refractivity contribution in [2.24, 2.45) is 11.1 Å². The van der Waals surface area contributed by atoms with Crippen molar-refractivity contribution in [2.45, 2.75) is 25.3 Å². The van der Waals surface area contributed by atoms with Crippen LogP contribution in [0.1, 0.15) is 35.2 Å². The van der Waals surface area contributed by atoms with E-state index in [1.807, 2.05) is 0 Å². The summed E-state index contributed by atoms with van der Waals surface area (Å²) in [6, 6.07) is 9.68. The minimum atomic E-state index is -0.520. The van der Waals surface area contributed by atoms with Gasteiger partial charge in [0.15, 0.2) is 11.6 Å². The lowest BCUT2D eigenvalue weighted by atomic mass is 9.81. The number of likely N-dealkylation sites (tertiary alicyclic amines) is 1. The van der Waals surface area contributed by atoms with Crippen molar-refractivity contribution in [2.75, 3.05) is 56.6 Å². The Hall–Kier alpha value is -3.42. The normalized spacial score (nSPS) is 21.3. The summed E-state index contributed by atoms with van der Waals surface area (Å²) in [5.74, 6) is 0.426. The third-order valence-corrected chi connectivity index (χ3v) is 7.21. The van der Waals surface area contributed by atoms with Crippen molar-refractivity contribution in [3.63, 3.8) is 0 Å². The van der Waals surface area contributed by atoms with Crippen LogP contribution in [-0.4, -0.2) is 73.2 Å². The second-order valence-electron chi connectivity index (χ2n) is 9.60. The Labute approximate surface area is 199 Å². The number of benzene rings is 1. The third-order valence-electron chi connectivity index (χ3n) is 7.21. The molecule has 2 aromatic rings. The van der Waals surface area contributed by atoms with Crippen LogP contribution in [0.15, 0.2) is 24.3 Å². The minimum absolute atomic E-state index is 0.245. The van der Waals surface area contributed by atoms with E-state index in [9.17, 15) is 10.1 Å². The lowest BCUT2D eigenvalue weighted by Crippen LogP contribution is -2.54. The van der Waals surface area contributed by atoms with Crippen LogP contribution in [0.5, 0.6) is 6.01 Å². The average Bonchev–Trinajstić information content (AvgIpc) is 3.44. The molecule has 10 nitrogen and oxygen atoms in total. The fraction of sp³-hybridized carbons (Fsp3) is 0.500. The second kappa shape index (κ2) is 9.08. The van der Waals surface area contributed by atoms with Gasteiger partial charge in [-0.2, -0.15) is 15.2 Å². The molecule has 4 heterocycles. The van der Waals surface area contributed by atoms with Crippen molar-refractivity contribution >= 4 is 23.2 Å². The summed E-state index contributed by atoms with van der Waals surface area (Å²) >= 11 is 0. The molecule has 0 unspecified atom stereocenters. The molecule has 4 N–H and O–H groups in total. The van der Waals surface area contributed by atoms with Crippen LogP contribution in [-0.2, 0) is 0 Å². The van der Waals surface area contributed by atoms with Gasteiger partial charge in [-0.05, 0) is 51.1 Å². The van der Waals surface area contributed by atoms with E-state index in [-0.39, 0.29) is 11.4 Å². The van der Waals surface area contributed by atoms with Gasteiger partial charge >= 0.3 is 6.01 Å². The first-order valence-corrected chi connectivity index (χ1v) is 11.7. The van der Waals surface area contributed by atoms with Gasteiger partial charge < -0.3 is 30.9 Å². The molecule has 0 aliphatic carbocycles. The van der Waals surface area contributed by atoms with Gasteiger partial charge in [-0.25, -0.2) is 0 Å². The zero-order chi connectivity index (χ0) is 23.7. The molecule has 34 heavy (non-hydrogen) atoms. The number of nitrogens with two attached hydrogens (primary N) is 1. The number of nitrogens with zero attached hydrogens (tertiary/aromatic N) is 5. The van der Waals surface area contributed by atoms with E-state index in [0.717, 1.165) is 52.0 Å². The smallest absolute Gasteiger partial charge is 0.320 e. The van der Waals surface area contributed by atoms with Gasteiger partial charge in [-0.15, -0.1) is 0 Å². The van der Waals surface area contributed by atoms with Crippen LogP contribution < -0.4 is 26.0 Å². The molecule has 0 bridgehead atoms. The van der Waals surface area contributed by atoms with Gasteiger partial charge in [0.25, 0.3) is 0 Å². The molecule has 0 radical (unpaired) electrons.